The average molecular weight is 373 g/mol. The zero-order valence-electron chi connectivity index (χ0n) is 11.4. The summed E-state index contributed by atoms with van der Waals surface area (Å²) in [5.74, 6) is 0. The van der Waals surface area contributed by atoms with Gasteiger partial charge in [0.25, 0.3) is 0 Å². The van der Waals surface area contributed by atoms with Gasteiger partial charge in [-0.1, -0.05) is 48.3 Å². The maximum atomic E-state index is 6.30. The molecule has 0 heterocycles. The average Bonchev–Trinajstić information content (AvgIpc) is 2.41. The Balaban J connectivity index is 2.31. The molecule has 2 rings (SSSR count). The number of hydrogen-bond acceptors (Lipinski definition) is 1. The largest absolute Gasteiger partial charge is 0.377 e. The van der Waals surface area contributed by atoms with Crippen LogP contribution in [0.4, 0.5) is 5.69 Å². The van der Waals surface area contributed by atoms with Gasteiger partial charge < -0.3 is 5.32 Å². The molecule has 2 aromatic rings. The van der Waals surface area contributed by atoms with Crippen LogP contribution in [0.3, 0.4) is 0 Å². The van der Waals surface area contributed by atoms with E-state index in [9.17, 15) is 0 Å². The molecule has 0 saturated carbocycles. The molecule has 0 amide bonds. The first kappa shape index (κ1) is 15.7. The van der Waals surface area contributed by atoms with Crippen LogP contribution in [-0.2, 0) is 0 Å². The summed E-state index contributed by atoms with van der Waals surface area (Å²) in [6.45, 7) is 4.21. The first-order valence-corrected chi connectivity index (χ1v) is 8.04. The highest BCUT2D eigenvalue weighted by Gasteiger charge is 2.14. The molecular weight excluding hydrogens is 357 g/mol. The van der Waals surface area contributed by atoms with Crippen molar-refractivity contribution in [2.45, 2.75) is 26.3 Å². The number of halogens is 3. The van der Waals surface area contributed by atoms with Gasteiger partial charge >= 0.3 is 0 Å². The maximum Gasteiger partial charge on any atom is 0.0526 e. The summed E-state index contributed by atoms with van der Waals surface area (Å²) in [4.78, 5) is 0. The fourth-order valence-electron chi connectivity index (χ4n) is 2.13. The van der Waals surface area contributed by atoms with E-state index in [4.69, 9.17) is 23.2 Å². The molecule has 0 radical (unpaired) electrons. The van der Waals surface area contributed by atoms with Gasteiger partial charge in [-0.25, -0.2) is 0 Å². The first-order chi connectivity index (χ1) is 9.52. The molecule has 0 aliphatic carbocycles. The number of hydrogen-bond donors (Lipinski definition) is 1. The lowest BCUT2D eigenvalue weighted by molar-refractivity contribution is 0.749. The van der Waals surface area contributed by atoms with Crippen molar-refractivity contribution in [2.24, 2.45) is 0 Å². The van der Waals surface area contributed by atoms with Crippen molar-refractivity contribution < 1.29 is 0 Å². The first-order valence-electron chi connectivity index (χ1n) is 6.49. The van der Waals surface area contributed by atoms with E-state index in [1.54, 1.807) is 6.07 Å². The maximum absolute atomic E-state index is 6.30. The van der Waals surface area contributed by atoms with E-state index in [2.05, 4.69) is 47.2 Å². The van der Waals surface area contributed by atoms with Crippen molar-refractivity contribution in [3.8, 4) is 0 Å². The zero-order valence-corrected chi connectivity index (χ0v) is 14.5. The van der Waals surface area contributed by atoms with Crippen LogP contribution in [0.5, 0.6) is 0 Å². The Labute approximate surface area is 138 Å². The van der Waals surface area contributed by atoms with E-state index in [1.807, 2.05) is 18.2 Å². The molecule has 0 aliphatic rings. The van der Waals surface area contributed by atoms with Gasteiger partial charge in [-0.2, -0.15) is 0 Å². The molecule has 0 fully saturated rings. The minimum atomic E-state index is 0.151. The van der Waals surface area contributed by atoms with E-state index in [0.29, 0.717) is 10.0 Å². The molecular formula is C16H16BrCl2N. The van der Waals surface area contributed by atoms with E-state index in [1.165, 1.54) is 5.56 Å². The van der Waals surface area contributed by atoms with Gasteiger partial charge in [-0.3, -0.25) is 0 Å². The summed E-state index contributed by atoms with van der Waals surface area (Å²) in [6, 6.07) is 12.0. The molecule has 0 bridgehead atoms. The van der Waals surface area contributed by atoms with Crippen molar-refractivity contribution in [1.29, 1.82) is 0 Å². The van der Waals surface area contributed by atoms with Gasteiger partial charge in [0.2, 0.25) is 0 Å². The Morgan fingerprint density at radius 2 is 1.95 bits per heavy atom. The molecule has 1 nitrogen and oxygen atoms in total. The lowest BCUT2D eigenvalue weighted by Gasteiger charge is -2.21. The Bertz CT molecular complexity index is 613. The normalized spacial score (nSPS) is 12.2. The lowest BCUT2D eigenvalue weighted by Crippen LogP contribution is -2.10. The van der Waals surface area contributed by atoms with Crippen LogP contribution in [0.2, 0.25) is 10.0 Å². The summed E-state index contributed by atoms with van der Waals surface area (Å²) in [5, 5.41) is 4.89. The van der Waals surface area contributed by atoms with Crippen LogP contribution in [0.25, 0.3) is 0 Å². The van der Waals surface area contributed by atoms with Crippen molar-refractivity contribution in [1.82, 2.24) is 0 Å². The molecule has 0 aromatic heterocycles. The highest BCUT2D eigenvalue weighted by atomic mass is 79.9. The summed E-state index contributed by atoms with van der Waals surface area (Å²) >= 11 is 15.9. The second-order valence-corrected chi connectivity index (χ2v) is 6.34. The fourth-order valence-corrected chi connectivity index (χ4v) is 3.05. The molecule has 1 N–H and O–H groups in total. The van der Waals surface area contributed by atoms with E-state index >= 15 is 0 Å². The third-order valence-corrected chi connectivity index (χ3v) is 4.88. The minimum absolute atomic E-state index is 0.151. The fraction of sp³-hybridized carbons (Fsp3) is 0.250. The Morgan fingerprint density at radius 3 is 2.60 bits per heavy atom. The Morgan fingerprint density at radius 1 is 1.20 bits per heavy atom. The monoisotopic (exact) mass is 371 g/mol. The topological polar surface area (TPSA) is 12.0 Å². The Hall–Kier alpha value is -0.700. The third kappa shape index (κ3) is 3.49. The molecule has 106 valence electrons. The van der Waals surface area contributed by atoms with Crippen molar-refractivity contribution in [2.75, 3.05) is 5.32 Å². The Kier molecular flexibility index (Phi) is 5.36. The van der Waals surface area contributed by atoms with Gasteiger partial charge in [-0.05, 0) is 58.6 Å². The second kappa shape index (κ2) is 6.84. The van der Waals surface area contributed by atoms with Gasteiger partial charge in [0.05, 0.1) is 6.04 Å². The molecule has 0 aliphatic heterocycles. The molecule has 1 atom stereocenters. The summed E-state index contributed by atoms with van der Waals surface area (Å²) < 4.78 is 1.09. The van der Waals surface area contributed by atoms with Crippen molar-refractivity contribution >= 4 is 44.8 Å². The predicted octanol–water partition coefficient (Wildman–Crippen LogP) is 6.63. The highest BCUT2D eigenvalue weighted by molar-refractivity contribution is 9.10. The van der Waals surface area contributed by atoms with Crippen LogP contribution in [0.1, 0.15) is 30.5 Å². The number of anilines is 1. The lowest BCUT2D eigenvalue weighted by atomic mass is 10.0. The van der Waals surface area contributed by atoms with Crippen molar-refractivity contribution in [3.63, 3.8) is 0 Å². The van der Waals surface area contributed by atoms with Gasteiger partial charge in [0.1, 0.15) is 0 Å². The molecule has 0 saturated heterocycles. The SMILES string of the molecule is CCC(Nc1cccc(C)c1Br)c1ccc(Cl)cc1Cl. The summed E-state index contributed by atoms with van der Waals surface area (Å²) in [5.41, 5.74) is 3.34. The van der Waals surface area contributed by atoms with Crippen molar-refractivity contribution in [3.05, 3.63) is 62.0 Å². The smallest absolute Gasteiger partial charge is 0.0526 e. The van der Waals surface area contributed by atoms with Gasteiger partial charge in [0.15, 0.2) is 0 Å². The van der Waals surface area contributed by atoms with Crippen LogP contribution < -0.4 is 5.32 Å². The number of aryl methyl sites for hydroxylation is 1. The van der Waals surface area contributed by atoms with Crippen LogP contribution in [0, 0.1) is 6.92 Å². The summed E-state index contributed by atoms with van der Waals surface area (Å²) in [6.07, 6.45) is 0.932. The predicted molar refractivity (Wildman–Crippen MR) is 92.0 cm³/mol. The number of nitrogens with one attached hydrogen (secondary N) is 1. The minimum Gasteiger partial charge on any atom is -0.377 e. The quantitative estimate of drug-likeness (QED) is 0.635. The van der Waals surface area contributed by atoms with Crippen LogP contribution in [-0.4, -0.2) is 0 Å². The molecule has 2 aromatic carbocycles. The van der Waals surface area contributed by atoms with Crippen LogP contribution >= 0.6 is 39.1 Å². The molecule has 4 heteroatoms. The number of benzene rings is 2. The van der Waals surface area contributed by atoms with E-state index in [0.717, 1.165) is 22.1 Å². The van der Waals surface area contributed by atoms with E-state index in [-0.39, 0.29) is 6.04 Å². The van der Waals surface area contributed by atoms with E-state index < -0.39 is 0 Å². The van der Waals surface area contributed by atoms with Crippen LogP contribution in [0.15, 0.2) is 40.9 Å². The van der Waals surface area contributed by atoms with Gasteiger partial charge in [0, 0.05) is 20.2 Å². The molecule has 1 unspecified atom stereocenters. The molecule has 0 spiro atoms. The zero-order chi connectivity index (χ0) is 14.7. The van der Waals surface area contributed by atoms with Gasteiger partial charge in [-0.15, -0.1) is 0 Å². The highest BCUT2D eigenvalue weighted by Crippen LogP contribution is 2.33. The second-order valence-electron chi connectivity index (χ2n) is 4.71. The third-order valence-electron chi connectivity index (χ3n) is 3.27. The summed E-state index contributed by atoms with van der Waals surface area (Å²) in [7, 11) is 0. The molecule has 20 heavy (non-hydrogen) atoms. The standard InChI is InChI=1S/C16H16BrCl2N/c1-3-14(12-8-7-11(18)9-13(12)19)20-15-6-4-5-10(2)16(15)17/h4-9,14,20H,3H2,1-2H3. The number of rotatable bonds is 4.